The van der Waals surface area contributed by atoms with Crippen molar-refractivity contribution in [2.75, 3.05) is 5.43 Å². The molecule has 8 nitrogen and oxygen atoms in total. The second-order valence-electron chi connectivity index (χ2n) is 7.01. The van der Waals surface area contributed by atoms with Crippen molar-refractivity contribution in [3.8, 4) is 0 Å². The van der Waals surface area contributed by atoms with Gasteiger partial charge in [-0.2, -0.15) is 5.10 Å². The number of halogens is 3. The van der Waals surface area contributed by atoms with Crippen molar-refractivity contribution in [1.29, 1.82) is 0 Å². The van der Waals surface area contributed by atoms with Crippen molar-refractivity contribution in [1.82, 2.24) is 24.4 Å². The molecule has 1 amide bonds. The van der Waals surface area contributed by atoms with Gasteiger partial charge in [-0.1, -0.05) is 0 Å². The van der Waals surface area contributed by atoms with Crippen molar-refractivity contribution in [3.05, 3.63) is 64.2 Å². The minimum absolute atomic E-state index is 0. The first-order chi connectivity index (χ1) is 13.9. The summed E-state index contributed by atoms with van der Waals surface area (Å²) in [4.78, 5) is 19.1. The van der Waals surface area contributed by atoms with Crippen LogP contribution in [0.1, 0.15) is 29.3 Å². The lowest BCUT2D eigenvalue weighted by Gasteiger charge is -2.25. The van der Waals surface area contributed by atoms with E-state index in [4.69, 9.17) is 18.0 Å². The summed E-state index contributed by atoms with van der Waals surface area (Å²) in [5, 5.41) is 4.26. The van der Waals surface area contributed by atoms with Gasteiger partial charge in [-0.05, 0) is 48.7 Å². The summed E-state index contributed by atoms with van der Waals surface area (Å²) in [5.74, 6) is -1.55. The number of benzene rings is 1. The summed E-state index contributed by atoms with van der Waals surface area (Å²) >= 11 is 5.42. The number of carbonyl (C=O) groups is 1. The van der Waals surface area contributed by atoms with Crippen LogP contribution in [0.15, 0.2) is 31.0 Å². The van der Waals surface area contributed by atoms with Gasteiger partial charge in [0.25, 0.3) is 5.91 Å². The van der Waals surface area contributed by atoms with E-state index in [9.17, 15) is 13.6 Å². The SMILES string of the molecule is Cl.N[C@@H](Cc1cnc[nH]1)C(=O)Nn1cnn(C2CCc3c(F)cc(F)cc3C2)c1=S. The Morgan fingerprint density at radius 1 is 1.43 bits per heavy atom. The largest absolute Gasteiger partial charge is 0.348 e. The average Bonchev–Trinajstić information content (AvgIpc) is 3.31. The molecule has 160 valence electrons. The summed E-state index contributed by atoms with van der Waals surface area (Å²) in [5.41, 5.74) is 10.5. The van der Waals surface area contributed by atoms with Crippen LogP contribution in [-0.4, -0.2) is 36.4 Å². The highest BCUT2D eigenvalue weighted by molar-refractivity contribution is 7.71. The van der Waals surface area contributed by atoms with Gasteiger partial charge in [0.15, 0.2) is 0 Å². The summed E-state index contributed by atoms with van der Waals surface area (Å²) in [6.07, 6.45) is 6.27. The van der Waals surface area contributed by atoms with E-state index in [0.29, 0.717) is 36.8 Å². The molecule has 2 heterocycles. The second kappa shape index (κ2) is 9.02. The van der Waals surface area contributed by atoms with Crippen LogP contribution < -0.4 is 11.2 Å². The Hall–Kier alpha value is -2.63. The zero-order valence-electron chi connectivity index (χ0n) is 15.7. The number of aromatic nitrogens is 5. The summed E-state index contributed by atoms with van der Waals surface area (Å²) in [6.45, 7) is 0. The molecule has 0 fully saturated rings. The maximum atomic E-state index is 13.9. The maximum Gasteiger partial charge on any atom is 0.256 e. The Morgan fingerprint density at radius 2 is 2.23 bits per heavy atom. The number of rotatable bonds is 5. The Balaban J connectivity index is 0.00000256. The molecule has 1 unspecified atom stereocenters. The quantitative estimate of drug-likeness (QED) is 0.511. The van der Waals surface area contributed by atoms with E-state index < -0.39 is 23.6 Å². The molecule has 30 heavy (non-hydrogen) atoms. The van der Waals surface area contributed by atoms with E-state index in [0.717, 1.165) is 11.8 Å². The molecule has 0 spiro atoms. The van der Waals surface area contributed by atoms with Crippen LogP contribution in [0.3, 0.4) is 0 Å². The molecule has 0 bridgehead atoms. The van der Waals surface area contributed by atoms with Gasteiger partial charge in [-0.15, -0.1) is 12.4 Å². The van der Waals surface area contributed by atoms with E-state index in [1.165, 1.54) is 23.4 Å². The molecule has 2 aromatic heterocycles. The molecule has 12 heteroatoms. The van der Waals surface area contributed by atoms with Crippen molar-refractivity contribution < 1.29 is 13.6 Å². The van der Waals surface area contributed by atoms with Crippen LogP contribution in [0.5, 0.6) is 0 Å². The highest BCUT2D eigenvalue weighted by Crippen LogP contribution is 2.31. The molecule has 3 aromatic rings. The summed E-state index contributed by atoms with van der Waals surface area (Å²) in [6, 6.07) is 1.30. The first-order valence-corrected chi connectivity index (χ1v) is 9.50. The van der Waals surface area contributed by atoms with Gasteiger partial charge in [0.2, 0.25) is 4.77 Å². The Kier molecular flexibility index (Phi) is 6.64. The number of fused-ring (bicyclic) bond motifs is 1. The highest BCUT2D eigenvalue weighted by Gasteiger charge is 2.25. The van der Waals surface area contributed by atoms with Crippen LogP contribution in [-0.2, 0) is 24.1 Å². The van der Waals surface area contributed by atoms with Crippen molar-refractivity contribution in [2.45, 2.75) is 37.8 Å². The molecule has 1 aromatic carbocycles. The lowest BCUT2D eigenvalue weighted by molar-refractivity contribution is -0.118. The molecule has 2 atom stereocenters. The van der Waals surface area contributed by atoms with Crippen molar-refractivity contribution >= 4 is 30.5 Å². The molecule has 0 saturated heterocycles. The molecule has 1 aliphatic rings. The molecule has 0 saturated carbocycles. The number of imidazole rings is 1. The minimum Gasteiger partial charge on any atom is -0.348 e. The molecule has 0 radical (unpaired) electrons. The molecule has 0 aliphatic heterocycles. The number of H-pyrrole nitrogens is 1. The zero-order chi connectivity index (χ0) is 20.5. The normalized spacial score (nSPS) is 16.4. The van der Waals surface area contributed by atoms with Crippen LogP contribution in [0.4, 0.5) is 8.78 Å². The Bertz CT molecular complexity index is 1100. The van der Waals surface area contributed by atoms with Crippen LogP contribution >= 0.6 is 24.6 Å². The lowest BCUT2D eigenvalue weighted by atomic mass is 9.88. The third-order valence-electron chi connectivity index (χ3n) is 5.04. The number of carbonyl (C=O) groups excluding carboxylic acids is 1. The fraction of sp³-hybridized carbons (Fsp3) is 0.333. The predicted molar refractivity (Wildman–Crippen MR) is 110 cm³/mol. The van der Waals surface area contributed by atoms with Gasteiger partial charge in [0, 0.05) is 24.4 Å². The Morgan fingerprint density at radius 3 is 2.97 bits per heavy atom. The fourth-order valence-corrected chi connectivity index (χ4v) is 3.85. The number of amides is 1. The Labute approximate surface area is 181 Å². The average molecular weight is 456 g/mol. The predicted octanol–water partition coefficient (Wildman–Crippen LogP) is 2.21. The number of nitrogens with one attached hydrogen (secondary N) is 2. The molecule has 1 aliphatic carbocycles. The first kappa shape index (κ1) is 22.1. The van der Waals surface area contributed by atoms with Gasteiger partial charge in [-0.25, -0.2) is 23.1 Å². The standard InChI is InChI=1S/C18H19F2N7OS.ClH/c19-11-3-10-4-13(1-2-14(10)15(20)5-11)27-18(29)26(9-24-27)25-17(28)16(21)6-12-7-22-8-23-12;/h3,5,7-9,13,16H,1-2,4,6,21H2,(H,22,23)(H,25,28);1H/t13?,16-;/m0./s1. The van der Waals surface area contributed by atoms with Crippen molar-refractivity contribution in [2.24, 2.45) is 5.73 Å². The van der Waals surface area contributed by atoms with Gasteiger partial charge >= 0.3 is 0 Å². The minimum atomic E-state index is -0.798. The number of hydrogen-bond donors (Lipinski definition) is 3. The van der Waals surface area contributed by atoms with Crippen LogP contribution in [0, 0.1) is 16.4 Å². The smallest absolute Gasteiger partial charge is 0.256 e. The second-order valence-corrected chi connectivity index (χ2v) is 7.38. The molecule has 4 rings (SSSR count). The number of hydrogen-bond acceptors (Lipinski definition) is 5. The first-order valence-electron chi connectivity index (χ1n) is 9.09. The van der Waals surface area contributed by atoms with Gasteiger partial charge in [-0.3, -0.25) is 10.2 Å². The van der Waals surface area contributed by atoms with E-state index in [1.54, 1.807) is 10.9 Å². The van der Waals surface area contributed by atoms with E-state index >= 15 is 0 Å². The van der Waals surface area contributed by atoms with Gasteiger partial charge in [0.05, 0.1) is 18.4 Å². The van der Waals surface area contributed by atoms with Gasteiger partial charge < -0.3 is 10.7 Å². The maximum absolute atomic E-state index is 13.9. The molecular formula is C18H20ClF2N7OS. The highest BCUT2D eigenvalue weighted by atomic mass is 35.5. The summed E-state index contributed by atoms with van der Waals surface area (Å²) < 4.78 is 30.7. The fourth-order valence-electron chi connectivity index (χ4n) is 3.57. The topological polar surface area (TPSA) is 107 Å². The van der Waals surface area contributed by atoms with E-state index in [1.807, 2.05) is 0 Å². The summed E-state index contributed by atoms with van der Waals surface area (Å²) in [7, 11) is 0. The molecular weight excluding hydrogens is 436 g/mol. The zero-order valence-corrected chi connectivity index (χ0v) is 17.3. The van der Waals surface area contributed by atoms with Crippen LogP contribution in [0.2, 0.25) is 0 Å². The lowest BCUT2D eigenvalue weighted by Crippen LogP contribution is -2.40. The van der Waals surface area contributed by atoms with E-state index in [-0.39, 0.29) is 23.2 Å². The van der Waals surface area contributed by atoms with Crippen molar-refractivity contribution in [3.63, 3.8) is 0 Å². The third kappa shape index (κ3) is 4.42. The third-order valence-corrected chi connectivity index (χ3v) is 5.42. The molecule has 4 N–H and O–H groups in total. The van der Waals surface area contributed by atoms with E-state index in [2.05, 4.69) is 20.5 Å². The number of aromatic amines is 1. The monoisotopic (exact) mass is 455 g/mol. The van der Waals surface area contributed by atoms with Gasteiger partial charge in [0.1, 0.15) is 18.0 Å². The number of nitrogens with two attached hydrogens (primary N) is 1. The number of nitrogens with zero attached hydrogens (tertiary/aromatic N) is 4. The van der Waals surface area contributed by atoms with Crippen LogP contribution in [0.25, 0.3) is 0 Å².